The third-order valence-electron chi connectivity index (χ3n) is 3.05. The SMILES string of the molecule is CCNc1cc(N(C)CCC#N)nc(-c2ccccc2)n1. The van der Waals surface area contributed by atoms with E-state index in [4.69, 9.17) is 5.26 Å². The lowest BCUT2D eigenvalue weighted by molar-refractivity contribution is 0.881. The van der Waals surface area contributed by atoms with Gasteiger partial charge in [0.15, 0.2) is 5.82 Å². The zero-order valence-electron chi connectivity index (χ0n) is 12.4. The molecule has 1 aromatic heterocycles. The van der Waals surface area contributed by atoms with Gasteiger partial charge in [0.2, 0.25) is 0 Å². The average molecular weight is 281 g/mol. The number of benzene rings is 1. The fraction of sp³-hybridized carbons (Fsp3) is 0.312. The number of nitriles is 1. The highest BCUT2D eigenvalue weighted by atomic mass is 15.2. The van der Waals surface area contributed by atoms with E-state index in [-0.39, 0.29) is 0 Å². The highest BCUT2D eigenvalue weighted by Gasteiger charge is 2.09. The van der Waals surface area contributed by atoms with E-state index in [1.165, 1.54) is 0 Å². The molecular weight excluding hydrogens is 262 g/mol. The molecule has 0 aliphatic carbocycles. The normalized spacial score (nSPS) is 9.95. The van der Waals surface area contributed by atoms with Crippen molar-refractivity contribution in [1.82, 2.24) is 9.97 Å². The van der Waals surface area contributed by atoms with E-state index in [1.807, 2.05) is 55.3 Å². The van der Waals surface area contributed by atoms with Crippen LogP contribution in [0.25, 0.3) is 11.4 Å². The lowest BCUT2D eigenvalue weighted by atomic mass is 10.2. The molecule has 2 rings (SSSR count). The third kappa shape index (κ3) is 3.93. The van der Waals surface area contributed by atoms with Gasteiger partial charge in [-0.1, -0.05) is 30.3 Å². The molecule has 0 unspecified atom stereocenters. The molecule has 0 saturated heterocycles. The fourth-order valence-electron chi connectivity index (χ4n) is 1.95. The molecule has 21 heavy (non-hydrogen) atoms. The van der Waals surface area contributed by atoms with Crippen molar-refractivity contribution < 1.29 is 0 Å². The Balaban J connectivity index is 2.37. The monoisotopic (exact) mass is 281 g/mol. The lowest BCUT2D eigenvalue weighted by Crippen LogP contribution is -2.20. The predicted octanol–water partition coefficient (Wildman–Crippen LogP) is 2.93. The maximum Gasteiger partial charge on any atom is 0.163 e. The van der Waals surface area contributed by atoms with Crippen molar-refractivity contribution in [2.45, 2.75) is 13.3 Å². The summed E-state index contributed by atoms with van der Waals surface area (Å²) in [7, 11) is 1.93. The van der Waals surface area contributed by atoms with Crippen LogP contribution in [0.1, 0.15) is 13.3 Å². The number of hydrogen-bond acceptors (Lipinski definition) is 5. The molecule has 0 aliphatic heterocycles. The van der Waals surface area contributed by atoms with Crippen LogP contribution in [0.2, 0.25) is 0 Å². The number of nitrogens with one attached hydrogen (secondary N) is 1. The molecule has 0 amide bonds. The highest BCUT2D eigenvalue weighted by molar-refractivity contribution is 5.61. The summed E-state index contributed by atoms with van der Waals surface area (Å²) in [5.41, 5.74) is 0.979. The Hall–Kier alpha value is -2.61. The Morgan fingerprint density at radius 1 is 1.24 bits per heavy atom. The standard InChI is InChI=1S/C16H19N5/c1-3-18-14-12-15(21(2)11-7-10-17)20-16(19-14)13-8-5-4-6-9-13/h4-6,8-9,12H,3,7,11H2,1-2H3,(H,18,19,20). The first-order valence-corrected chi connectivity index (χ1v) is 7.01. The number of nitrogens with zero attached hydrogens (tertiary/aromatic N) is 4. The van der Waals surface area contributed by atoms with Gasteiger partial charge in [-0.25, -0.2) is 9.97 Å². The van der Waals surface area contributed by atoms with E-state index in [9.17, 15) is 0 Å². The minimum absolute atomic E-state index is 0.470. The van der Waals surface area contributed by atoms with Gasteiger partial charge in [0.1, 0.15) is 11.6 Å². The molecule has 1 aromatic carbocycles. The Bertz CT molecular complexity index is 618. The van der Waals surface area contributed by atoms with E-state index in [0.29, 0.717) is 18.8 Å². The van der Waals surface area contributed by atoms with E-state index in [1.54, 1.807) is 0 Å². The van der Waals surface area contributed by atoms with Gasteiger partial charge >= 0.3 is 0 Å². The molecule has 5 heteroatoms. The van der Waals surface area contributed by atoms with Gasteiger partial charge in [0, 0.05) is 31.8 Å². The van der Waals surface area contributed by atoms with Crippen LogP contribution >= 0.6 is 0 Å². The summed E-state index contributed by atoms with van der Waals surface area (Å²) in [6.07, 6.45) is 0.470. The molecule has 0 spiro atoms. The van der Waals surface area contributed by atoms with Crippen molar-refractivity contribution in [3.63, 3.8) is 0 Å². The van der Waals surface area contributed by atoms with E-state index in [0.717, 1.165) is 23.7 Å². The van der Waals surface area contributed by atoms with Crippen LogP contribution in [0, 0.1) is 11.3 Å². The molecule has 0 radical (unpaired) electrons. The zero-order chi connectivity index (χ0) is 15.1. The Kier molecular flexibility index (Phi) is 5.10. The van der Waals surface area contributed by atoms with Gasteiger partial charge in [-0.2, -0.15) is 5.26 Å². The van der Waals surface area contributed by atoms with Crippen LogP contribution in [0.15, 0.2) is 36.4 Å². The van der Waals surface area contributed by atoms with Crippen molar-refractivity contribution in [3.8, 4) is 17.5 Å². The summed E-state index contributed by atoms with van der Waals surface area (Å²) in [5, 5.41) is 11.9. The molecular formula is C16H19N5. The summed E-state index contributed by atoms with van der Waals surface area (Å²) < 4.78 is 0. The van der Waals surface area contributed by atoms with Crippen molar-refractivity contribution in [3.05, 3.63) is 36.4 Å². The van der Waals surface area contributed by atoms with E-state index in [2.05, 4.69) is 21.4 Å². The van der Waals surface area contributed by atoms with E-state index >= 15 is 0 Å². The summed E-state index contributed by atoms with van der Waals surface area (Å²) in [6.45, 7) is 3.48. The average Bonchev–Trinajstić information content (AvgIpc) is 2.53. The molecule has 5 nitrogen and oxygen atoms in total. The maximum absolute atomic E-state index is 8.71. The number of anilines is 2. The first kappa shape index (κ1) is 14.8. The Morgan fingerprint density at radius 2 is 2.00 bits per heavy atom. The van der Waals surface area contributed by atoms with Crippen LogP contribution < -0.4 is 10.2 Å². The van der Waals surface area contributed by atoms with Crippen LogP contribution in [0.5, 0.6) is 0 Å². The number of rotatable bonds is 6. The number of hydrogen-bond donors (Lipinski definition) is 1. The van der Waals surface area contributed by atoms with Crippen molar-refractivity contribution in [1.29, 1.82) is 5.26 Å². The molecule has 0 aliphatic rings. The molecule has 1 heterocycles. The molecule has 2 aromatic rings. The van der Waals surface area contributed by atoms with Crippen molar-refractivity contribution in [2.24, 2.45) is 0 Å². The van der Waals surface area contributed by atoms with Gasteiger partial charge in [-0.15, -0.1) is 0 Å². The van der Waals surface area contributed by atoms with Gasteiger partial charge in [0.25, 0.3) is 0 Å². The van der Waals surface area contributed by atoms with Crippen LogP contribution in [-0.4, -0.2) is 30.1 Å². The highest BCUT2D eigenvalue weighted by Crippen LogP contribution is 2.21. The zero-order valence-corrected chi connectivity index (χ0v) is 12.4. The van der Waals surface area contributed by atoms with Gasteiger partial charge in [-0.3, -0.25) is 0 Å². The quantitative estimate of drug-likeness (QED) is 0.882. The first-order chi connectivity index (χ1) is 10.2. The number of aromatic nitrogens is 2. The lowest BCUT2D eigenvalue weighted by Gasteiger charge is -2.18. The minimum Gasteiger partial charge on any atom is -0.370 e. The molecule has 0 saturated carbocycles. The second-order valence-corrected chi connectivity index (χ2v) is 4.66. The maximum atomic E-state index is 8.71. The summed E-state index contributed by atoms with van der Waals surface area (Å²) in [4.78, 5) is 11.1. The van der Waals surface area contributed by atoms with E-state index < -0.39 is 0 Å². The minimum atomic E-state index is 0.470. The second-order valence-electron chi connectivity index (χ2n) is 4.66. The molecule has 1 N–H and O–H groups in total. The van der Waals surface area contributed by atoms with Gasteiger partial charge < -0.3 is 10.2 Å². The van der Waals surface area contributed by atoms with Gasteiger partial charge in [-0.05, 0) is 6.92 Å². The van der Waals surface area contributed by atoms with Crippen molar-refractivity contribution in [2.75, 3.05) is 30.4 Å². The first-order valence-electron chi connectivity index (χ1n) is 7.01. The van der Waals surface area contributed by atoms with Crippen molar-refractivity contribution >= 4 is 11.6 Å². The van der Waals surface area contributed by atoms with Crippen LogP contribution in [0.4, 0.5) is 11.6 Å². The summed E-state index contributed by atoms with van der Waals surface area (Å²) in [5.74, 6) is 2.30. The molecule has 0 bridgehead atoms. The smallest absolute Gasteiger partial charge is 0.163 e. The summed E-state index contributed by atoms with van der Waals surface area (Å²) in [6, 6.07) is 14.0. The fourth-order valence-corrected chi connectivity index (χ4v) is 1.95. The van der Waals surface area contributed by atoms with Crippen LogP contribution in [-0.2, 0) is 0 Å². The largest absolute Gasteiger partial charge is 0.370 e. The Labute approximate surface area is 125 Å². The molecule has 0 fully saturated rings. The third-order valence-corrected chi connectivity index (χ3v) is 3.05. The molecule has 0 atom stereocenters. The van der Waals surface area contributed by atoms with Crippen LogP contribution in [0.3, 0.4) is 0 Å². The van der Waals surface area contributed by atoms with Gasteiger partial charge in [0.05, 0.1) is 12.5 Å². The summed E-state index contributed by atoms with van der Waals surface area (Å²) >= 11 is 0. The molecule has 108 valence electrons. The Morgan fingerprint density at radius 3 is 2.67 bits per heavy atom. The topological polar surface area (TPSA) is 64.8 Å². The second kappa shape index (κ2) is 7.25. The predicted molar refractivity (Wildman–Crippen MR) is 85.1 cm³/mol.